The fourth-order valence-electron chi connectivity index (χ4n) is 1.84. The normalized spacial score (nSPS) is 14.1. The molecule has 0 amide bonds. The van der Waals surface area contributed by atoms with E-state index < -0.39 is 0 Å². The van der Waals surface area contributed by atoms with Gasteiger partial charge in [0.1, 0.15) is 0 Å². The Balaban J connectivity index is 1.91. The molecule has 0 aliphatic carbocycles. The molecule has 2 atom stereocenters. The Morgan fingerprint density at radius 2 is 2.16 bits per heavy atom. The van der Waals surface area contributed by atoms with Crippen molar-refractivity contribution in [2.75, 3.05) is 13.7 Å². The van der Waals surface area contributed by atoms with Crippen molar-refractivity contribution in [1.82, 2.24) is 15.3 Å². The standard InChI is InChI=1S/C14H19N3OS/c1-10(14-16-6-7-19-14)9-17-11(2)12-4-5-15-13(8-12)18-3/h4-8,10-11,17H,9H2,1-3H3/t10-,11+/m1/s1. The maximum atomic E-state index is 5.14. The summed E-state index contributed by atoms with van der Waals surface area (Å²) in [5, 5.41) is 6.71. The second-order valence-electron chi connectivity index (χ2n) is 4.53. The summed E-state index contributed by atoms with van der Waals surface area (Å²) in [6.45, 7) is 5.23. The van der Waals surface area contributed by atoms with Crippen molar-refractivity contribution in [2.24, 2.45) is 0 Å². The Labute approximate surface area is 117 Å². The first-order valence-electron chi connectivity index (χ1n) is 6.33. The van der Waals surface area contributed by atoms with E-state index in [1.807, 2.05) is 23.7 Å². The van der Waals surface area contributed by atoms with Gasteiger partial charge in [-0.2, -0.15) is 0 Å². The highest BCUT2D eigenvalue weighted by Gasteiger charge is 2.11. The molecule has 0 aliphatic heterocycles. The molecule has 0 aromatic carbocycles. The molecule has 0 spiro atoms. The first kappa shape index (κ1) is 14.0. The molecular weight excluding hydrogens is 258 g/mol. The number of aromatic nitrogens is 2. The zero-order valence-corrected chi connectivity index (χ0v) is 12.3. The summed E-state index contributed by atoms with van der Waals surface area (Å²) in [5.41, 5.74) is 1.18. The van der Waals surface area contributed by atoms with Crippen LogP contribution in [0.3, 0.4) is 0 Å². The van der Waals surface area contributed by atoms with Crippen molar-refractivity contribution < 1.29 is 4.74 Å². The highest BCUT2D eigenvalue weighted by Crippen LogP contribution is 2.20. The van der Waals surface area contributed by atoms with Crippen LogP contribution in [-0.4, -0.2) is 23.6 Å². The van der Waals surface area contributed by atoms with E-state index in [9.17, 15) is 0 Å². The van der Waals surface area contributed by atoms with Crippen LogP contribution in [0.25, 0.3) is 0 Å². The smallest absolute Gasteiger partial charge is 0.213 e. The van der Waals surface area contributed by atoms with Crippen LogP contribution in [0.15, 0.2) is 29.9 Å². The van der Waals surface area contributed by atoms with Gasteiger partial charge in [-0.05, 0) is 18.6 Å². The van der Waals surface area contributed by atoms with Gasteiger partial charge in [-0.15, -0.1) is 11.3 Å². The monoisotopic (exact) mass is 277 g/mol. The van der Waals surface area contributed by atoms with E-state index in [0.29, 0.717) is 11.8 Å². The summed E-state index contributed by atoms with van der Waals surface area (Å²) in [4.78, 5) is 8.46. The van der Waals surface area contributed by atoms with Crippen LogP contribution < -0.4 is 10.1 Å². The number of nitrogens with zero attached hydrogens (tertiary/aromatic N) is 2. The summed E-state index contributed by atoms with van der Waals surface area (Å²) in [6.07, 6.45) is 3.63. The van der Waals surface area contributed by atoms with E-state index in [-0.39, 0.29) is 6.04 Å². The third-order valence-electron chi connectivity index (χ3n) is 3.07. The third-order valence-corrected chi connectivity index (χ3v) is 4.08. The van der Waals surface area contributed by atoms with Gasteiger partial charge in [0.05, 0.1) is 12.1 Å². The van der Waals surface area contributed by atoms with Gasteiger partial charge in [-0.25, -0.2) is 9.97 Å². The molecular formula is C14H19N3OS. The van der Waals surface area contributed by atoms with Crippen LogP contribution in [0.2, 0.25) is 0 Å². The van der Waals surface area contributed by atoms with Crippen LogP contribution in [0.5, 0.6) is 5.88 Å². The molecule has 5 heteroatoms. The average molecular weight is 277 g/mol. The summed E-state index contributed by atoms with van der Waals surface area (Å²) in [6, 6.07) is 4.24. The van der Waals surface area contributed by atoms with E-state index in [2.05, 4.69) is 29.1 Å². The molecule has 102 valence electrons. The summed E-state index contributed by atoms with van der Waals surface area (Å²) < 4.78 is 5.14. The number of rotatable bonds is 6. The third kappa shape index (κ3) is 3.75. The molecule has 1 N–H and O–H groups in total. The lowest BCUT2D eigenvalue weighted by molar-refractivity contribution is 0.396. The van der Waals surface area contributed by atoms with Gasteiger partial charge in [0.25, 0.3) is 0 Å². The van der Waals surface area contributed by atoms with E-state index >= 15 is 0 Å². The Kier molecular flexibility index (Phi) is 4.87. The van der Waals surface area contributed by atoms with Crippen LogP contribution >= 0.6 is 11.3 Å². The molecule has 2 heterocycles. The van der Waals surface area contributed by atoms with Gasteiger partial charge < -0.3 is 10.1 Å². The fraction of sp³-hybridized carbons (Fsp3) is 0.429. The van der Waals surface area contributed by atoms with E-state index in [1.54, 1.807) is 24.6 Å². The number of hydrogen-bond donors (Lipinski definition) is 1. The highest BCUT2D eigenvalue weighted by molar-refractivity contribution is 7.09. The van der Waals surface area contributed by atoms with Crippen LogP contribution in [0.4, 0.5) is 0 Å². The Hall–Kier alpha value is -1.46. The number of methoxy groups -OCH3 is 1. The number of nitrogens with one attached hydrogen (secondary N) is 1. The van der Waals surface area contributed by atoms with Crippen molar-refractivity contribution >= 4 is 11.3 Å². The first-order valence-corrected chi connectivity index (χ1v) is 7.21. The molecule has 2 aromatic heterocycles. The largest absolute Gasteiger partial charge is 0.481 e. The maximum absolute atomic E-state index is 5.14. The molecule has 2 rings (SSSR count). The van der Waals surface area contributed by atoms with Crippen molar-refractivity contribution in [3.8, 4) is 5.88 Å². The van der Waals surface area contributed by atoms with E-state index in [0.717, 1.165) is 6.54 Å². The van der Waals surface area contributed by atoms with Crippen molar-refractivity contribution in [1.29, 1.82) is 0 Å². The Bertz CT molecular complexity index is 501. The lowest BCUT2D eigenvalue weighted by Gasteiger charge is -2.17. The van der Waals surface area contributed by atoms with Gasteiger partial charge in [0, 0.05) is 42.3 Å². The second-order valence-corrected chi connectivity index (χ2v) is 5.46. The van der Waals surface area contributed by atoms with Gasteiger partial charge in [0.2, 0.25) is 5.88 Å². The fourth-order valence-corrected chi connectivity index (χ4v) is 2.54. The minimum absolute atomic E-state index is 0.263. The zero-order chi connectivity index (χ0) is 13.7. The maximum Gasteiger partial charge on any atom is 0.213 e. The first-order chi connectivity index (χ1) is 9.20. The lowest BCUT2D eigenvalue weighted by Crippen LogP contribution is -2.23. The number of pyridine rings is 1. The molecule has 0 fully saturated rings. The Morgan fingerprint density at radius 1 is 1.32 bits per heavy atom. The predicted octanol–water partition coefficient (Wildman–Crippen LogP) is 3.00. The quantitative estimate of drug-likeness (QED) is 0.881. The molecule has 0 saturated heterocycles. The van der Waals surface area contributed by atoms with Crippen molar-refractivity contribution in [3.63, 3.8) is 0 Å². The van der Waals surface area contributed by atoms with Gasteiger partial charge in [-0.1, -0.05) is 6.92 Å². The molecule has 0 bridgehead atoms. The molecule has 4 nitrogen and oxygen atoms in total. The molecule has 19 heavy (non-hydrogen) atoms. The second kappa shape index (κ2) is 6.63. The molecule has 0 aliphatic rings. The van der Waals surface area contributed by atoms with Crippen LogP contribution in [0, 0.1) is 0 Å². The van der Waals surface area contributed by atoms with Crippen LogP contribution in [0.1, 0.15) is 36.4 Å². The molecule has 0 radical (unpaired) electrons. The lowest BCUT2D eigenvalue weighted by atomic mass is 10.1. The number of ether oxygens (including phenoxy) is 1. The van der Waals surface area contributed by atoms with E-state index in [4.69, 9.17) is 4.74 Å². The predicted molar refractivity (Wildman–Crippen MR) is 77.7 cm³/mol. The number of thiazole rings is 1. The van der Waals surface area contributed by atoms with Gasteiger partial charge >= 0.3 is 0 Å². The Morgan fingerprint density at radius 3 is 2.84 bits per heavy atom. The molecule has 2 aromatic rings. The summed E-state index contributed by atoms with van der Waals surface area (Å²) in [7, 11) is 1.63. The minimum atomic E-state index is 0.263. The van der Waals surface area contributed by atoms with E-state index in [1.165, 1.54) is 10.6 Å². The average Bonchev–Trinajstić information content (AvgIpc) is 2.98. The summed E-state index contributed by atoms with van der Waals surface area (Å²) >= 11 is 1.70. The zero-order valence-electron chi connectivity index (χ0n) is 11.5. The molecule has 0 saturated carbocycles. The highest BCUT2D eigenvalue weighted by atomic mass is 32.1. The summed E-state index contributed by atoms with van der Waals surface area (Å²) in [5.74, 6) is 1.07. The van der Waals surface area contributed by atoms with Crippen molar-refractivity contribution in [3.05, 3.63) is 40.5 Å². The molecule has 0 unspecified atom stereocenters. The topological polar surface area (TPSA) is 47.0 Å². The SMILES string of the molecule is COc1cc([C@H](C)NC[C@@H](C)c2nccs2)ccn1. The number of hydrogen-bond acceptors (Lipinski definition) is 5. The van der Waals surface area contributed by atoms with Crippen LogP contribution in [-0.2, 0) is 0 Å². The minimum Gasteiger partial charge on any atom is -0.481 e. The van der Waals surface area contributed by atoms with Crippen molar-refractivity contribution in [2.45, 2.75) is 25.8 Å². The van der Waals surface area contributed by atoms with Gasteiger partial charge in [-0.3, -0.25) is 0 Å². The van der Waals surface area contributed by atoms with Gasteiger partial charge in [0.15, 0.2) is 0 Å².